The first-order valence-electron chi connectivity index (χ1n) is 11.6. The van der Waals surface area contributed by atoms with E-state index < -0.39 is 18.0 Å². The van der Waals surface area contributed by atoms with Crippen LogP contribution in [0.1, 0.15) is 60.8 Å². The fourth-order valence-electron chi connectivity index (χ4n) is 7.11. The third-order valence-electron chi connectivity index (χ3n) is 8.65. The number of hydrogen-bond acceptors (Lipinski definition) is 6. The van der Waals surface area contributed by atoms with E-state index in [2.05, 4.69) is 27.4 Å². The highest BCUT2D eigenvalue weighted by Crippen LogP contribution is 2.62. The lowest BCUT2D eigenvalue weighted by atomic mass is 9.49. The van der Waals surface area contributed by atoms with E-state index in [0.29, 0.717) is 12.8 Å². The van der Waals surface area contributed by atoms with E-state index in [1.54, 1.807) is 7.11 Å². The number of fused-ring (bicyclic) bond motifs is 6. The van der Waals surface area contributed by atoms with Crippen LogP contribution in [0.25, 0.3) is 0 Å². The molecular weight excluding hydrogens is 396 g/mol. The Morgan fingerprint density at radius 3 is 2.42 bits per heavy atom. The van der Waals surface area contributed by atoms with Crippen LogP contribution >= 0.6 is 0 Å². The summed E-state index contributed by atoms with van der Waals surface area (Å²) in [6.45, 7) is 17.1. The lowest BCUT2D eigenvalue weighted by Crippen LogP contribution is -2.62. The number of aliphatic hydroxyl groups excluding tert-OH is 2. The van der Waals surface area contributed by atoms with Crippen molar-refractivity contribution in [2.45, 2.75) is 97.1 Å². The number of methoxy groups -OCH3 is 1. The standard InChI is InChI=1S/C25H40O6/c1-13-16(26)9-10-25(7)19(13)20(29-12-28-8)15-11-17(27)14(2)18(23(15,3)4)21-22(25)31-24(5,6)30-21/h15-17,19-22,26-27H,1,9-12H2,2-8H3/t15-,16-,17-,19-,20+,21+,22-,25+/m0/s1. The van der Waals surface area contributed by atoms with Crippen LogP contribution in [0.3, 0.4) is 0 Å². The molecule has 0 unspecified atom stereocenters. The molecule has 2 saturated carbocycles. The summed E-state index contributed by atoms with van der Waals surface area (Å²) in [6, 6.07) is 0. The first-order valence-corrected chi connectivity index (χ1v) is 11.6. The molecule has 6 nitrogen and oxygen atoms in total. The molecular formula is C25H40O6. The Hall–Kier alpha value is -0.760. The molecule has 0 spiro atoms. The molecule has 0 radical (unpaired) electrons. The summed E-state index contributed by atoms with van der Waals surface area (Å²) in [5.41, 5.74) is 2.28. The summed E-state index contributed by atoms with van der Waals surface area (Å²) in [5, 5.41) is 21.9. The predicted octanol–water partition coefficient (Wildman–Crippen LogP) is 3.57. The molecule has 0 aromatic heterocycles. The number of ether oxygens (including phenoxy) is 4. The quantitative estimate of drug-likeness (QED) is 0.520. The van der Waals surface area contributed by atoms with Gasteiger partial charge in [0.2, 0.25) is 0 Å². The van der Waals surface area contributed by atoms with Crippen molar-refractivity contribution < 1.29 is 29.2 Å². The fourth-order valence-corrected chi connectivity index (χ4v) is 7.11. The molecule has 3 aliphatic carbocycles. The molecule has 1 aliphatic heterocycles. The highest BCUT2D eigenvalue weighted by Gasteiger charge is 2.65. The minimum atomic E-state index is -0.741. The van der Waals surface area contributed by atoms with Crippen molar-refractivity contribution in [3.63, 3.8) is 0 Å². The monoisotopic (exact) mass is 436 g/mol. The van der Waals surface area contributed by atoms with Crippen LogP contribution in [-0.4, -0.2) is 60.4 Å². The van der Waals surface area contributed by atoms with E-state index in [0.717, 1.165) is 23.1 Å². The number of aliphatic hydroxyl groups is 2. The van der Waals surface area contributed by atoms with Gasteiger partial charge in [0.15, 0.2) is 5.79 Å². The van der Waals surface area contributed by atoms with Gasteiger partial charge in [-0.2, -0.15) is 0 Å². The van der Waals surface area contributed by atoms with Gasteiger partial charge in [-0.15, -0.1) is 0 Å². The summed E-state index contributed by atoms with van der Waals surface area (Å²) in [6.07, 6.45) is 0.108. The Morgan fingerprint density at radius 2 is 1.77 bits per heavy atom. The molecule has 8 atom stereocenters. The molecule has 6 heteroatoms. The summed E-state index contributed by atoms with van der Waals surface area (Å²) in [7, 11) is 1.62. The normalized spacial score (nSPS) is 46.2. The molecule has 1 saturated heterocycles. The van der Waals surface area contributed by atoms with Gasteiger partial charge in [-0.1, -0.05) is 27.4 Å². The molecule has 0 aromatic carbocycles. The zero-order valence-electron chi connectivity index (χ0n) is 20.1. The van der Waals surface area contributed by atoms with Crippen molar-refractivity contribution >= 4 is 0 Å². The maximum atomic E-state index is 11.1. The average molecular weight is 437 g/mol. The van der Waals surface area contributed by atoms with Crippen LogP contribution in [0, 0.1) is 22.7 Å². The Balaban J connectivity index is 1.96. The van der Waals surface area contributed by atoms with Crippen molar-refractivity contribution in [2.24, 2.45) is 22.7 Å². The van der Waals surface area contributed by atoms with Gasteiger partial charge in [0.1, 0.15) is 12.9 Å². The van der Waals surface area contributed by atoms with Crippen LogP contribution in [0.4, 0.5) is 0 Å². The Morgan fingerprint density at radius 1 is 1.10 bits per heavy atom. The third kappa shape index (κ3) is 3.46. The zero-order chi connectivity index (χ0) is 22.9. The van der Waals surface area contributed by atoms with E-state index in [1.807, 2.05) is 20.8 Å². The first kappa shape index (κ1) is 23.4. The van der Waals surface area contributed by atoms with Gasteiger partial charge in [0.25, 0.3) is 0 Å². The van der Waals surface area contributed by atoms with Crippen LogP contribution in [0.2, 0.25) is 0 Å². The Kier molecular flexibility index (Phi) is 5.77. The maximum Gasteiger partial charge on any atom is 0.164 e. The molecule has 4 aliphatic rings. The smallest absolute Gasteiger partial charge is 0.164 e. The molecule has 2 bridgehead atoms. The molecule has 1 heterocycles. The molecule has 2 N–H and O–H groups in total. The van der Waals surface area contributed by atoms with Crippen molar-refractivity contribution in [3.05, 3.63) is 23.3 Å². The molecule has 4 rings (SSSR count). The summed E-state index contributed by atoms with van der Waals surface area (Å²) in [4.78, 5) is 0. The van der Waals surface area contributed by atoms with Gasteiger partial charge < -0.3 is 29.2 Å². The second-order valence-electron chi connectivity index (χ2n) is 11.3. The lowest BCUT2D eigenvalue weighted by molar-refractivity contribution is -0.191. The SMILES string of the molecule is C=C1[C@@H](O)CC[C@@]2(C)[C@H]3OC(C)(C)O[C@@H]3C3=C(C)[C@@H](O)C[C@@H]([C@@H](OCOC)[C@H]12)C3(C)C. The first-order chi connectivity index (χ1) is 14.3. The van der Waals surface area contributed by atoms with Gasteiger partial charge >= 0.3 is 0 Å². The fraction of sp³-hybridized carbons (Fsp3) is 0.840. The minimum absolute atomic E-state index is 0.0102. The van der Waals surface area contributed by atoms with Crippen molar-refractivity contribution in [3.8, 4) is 0 Å². The molecule has 31 heavy (non-hydrogen) atoms. The lowest BCUT2D eigenvalue weighted by Gasteiger charge is -2.59. The van der Waals surface area contributed by atoms with Gasteiger partial charge in [0, 0.05) is 18.4 Å². The molecule has 176 valence electrons. The van der Waals surface area contributed by atoms with Gasteiger partial charge in [-0.05, 0) is 68.1 Å². The predicted molar refractivity (Wildman–Crippen MR) is 117 cm³/mol. The number of rotatable bonds is 3. The highest BCUT2D eigenvalue weighted by atomic mass is 16.8. The van der Waals surface area contributed by atoms with Gasteiger partial charge in [0.05, 0.1) is 24.4 Å². The van der Waals surface area contributed by atoms with Crippen molar-refractivity contribution in [1.29, 1.82) is 0 Å². The van der Waals surface area contributed by atoms with E-state index in [1.165, 1.54) is 0 Å². The van der Waals surface area contributed by atoms with Crippen molar-refractivity contribution in [2.75, 3.05) is 13.9 Å². The minimum Gasteiger partial charge on any atom is -0.389 e. The molecule has 3 fully saturated rings. The highest BCUT2D eigenvalue weighted by molar-refractivity contribution is 5.37. The van der Waals surface area contributed by atoms with Crippen LogP contribution in [-0.2, 0) is 18.9 Å². The van der Waals surface area contributed by atoms with Crippen LogP contribution in [0.5, 0.6) is 0 Å². The van der Waals surface area contributed by atoms with E-state index in [4.69, 9.17) is 18.9 Å². The summed E-state index contributed by atoms with van der Waals surface area (Å²) >= 11 is 0. The van der Waals surface area contributed by atoms with Crippen molar-refractivity contribution in [1.82, 2.24) is 0 Å². The summed E-state index contributed by atoms with van der Waals surface area (Å²) in [5.74, 6) is -0.877. The van der Waals surface area contributed by atoms with Gasteiger partial charge in [-0.25, -0.2) is 0 Å². The topological polar surface area (TPSA) is 77.4 Å². The Bertz CT molecular complexity index is 770. The molecule has 0 amide bonds. The van der Waals surface area contributed by atoms with E-state index >= 15 is 0 Å². The largest absolute Gasteiger partial charge is 0.389 e. The maximum absolute atomic E-state index is 11.1. The second-order valence-corrected chi connectivity index (χ2v) is 11.3. The zero-order valence-corrected chi connectivity index (χ0v) is 20.1. The Labute approximate surface area is 186 Å². The average Bonchev–Trinajstić information content (AvgIpc) is 2.99. The van der Waals surface area contributed by atoms with Crippen LogP contribution in [0.15, 0.2) is 23.3 Å². The third-order valence-corrected chi connectivity index (χ3v) is 8.65. The number of hydrogen-bond donors (Lipinski definition) is 2. The van der Waals surface area contributed by atoms with Gasteiger partial charge in [-0.3, -0.25) is 0 Å². The second kappa shape index (κ2) is 7.64. The molecule has 0 aromatic rings. The van der Waals surface area contributed by atoms with E-state index in [9.17, 15) is 10.2 Å². The van der Waals surface area contributed by atoms with E-state index in [-0.39, 0.29) is 47.8 Å². The van der Waals surface area contributed by atoms with Crippen LogP contribution < -0.4 is 0 Å². The summed E-state index contributed by atoms with van der Waals surface area (Å²) < 4.78 is 24.9.